The summed E-state index contributed by atoms with van der Waals surface area (Å²) in [6, 6.07) is 5.79. The summed E-state index contributed by atoms with van der Waals surface area (Å²) in [6.45, 7) is 3.54. The molecule has 1 amide bonds. The fraction of sp³-hybridized carbons (Fsp3) is 0.588. The lowest BCUT2D eigenvalue weighted by molar-refractivity contribution is -0.120. The van der Waals surface area contributed by atoms with E-state index in [0.717, 1.165) is 30.5 Å². The Morgan fingerprint density at radius 2 is 2.18 bits per heavy atom. The monoisotopic (exact) mass is 306 g/mol. The average molecular weight is 306 g/mol. The molecule has 2 atom stereocenters. The van der Waals surface area contributed by atoms with Crippen molar-refractivity contribution in [2.24, 2.45) is 17.6 Å². The molecule has 0 aliphatic heterocycles. The second kappa shape index (κ2) is 8.15. The number of amides is 1. The van der Waals surface area contributed by atoms with Crippen LogP contribution in [0.1, 0.15) is 24.8 Å². The molecule has 2 rings (SSSR count). The van der Waals surface area contributed by atoms with Gasteiger partial charge in [-0.15, -0.1) is 0 Å². The molecule has 0 radical (unpaired) electrons. The molecule has 22 heavy (non-hydrogen) atoms. The maximum absolute atomic E-state index is 12.5. The van der Waals surface area contributed by atoms with Crippen molar-refractivity contribution < 1.29 is 14.3 Å². The van der Waals surface area contributed by atoms with Gasteiger partial charge >= 0.3 is 0 Å². The predicted octanol–water partition coefficient (Wildman–Crippen LogP) is 2.33. The minimum absolute atomic E-state index is 0.0122. The van der Waals surface area contributed by atoms with Crippen molar-refractivity contribution in [2.75, 3.05) is 32.2 Å². The predicted molar refractivity (Wildman–Crippen MR) is 87.1 cm³/mol. The zero-order valence-corrected chi connectivity index (χ0v) is 13.4. The van der Waals surface area contributed by atoms with E-state index in [1.165, 1.54) is 0 Å². The number of nitrogens with one attached hydrogen (secondary N) is 1. The number of hydrogen-bond acceptors (Lipinski definition) is 4. The molecular formula is C17H26N2O3. The Kier molecular flexibility index (Phi) is 6.21. The molecule has 0 heterocycles. The van der Waals surface area contributed by atoms with Crippen molar-refractivity contribution in [3.05, 3.63) is 23.8 Å². The van der Waals surface area contributed by atoms with E-state index in [2.05, 4.69) is 5.32 Å². The first-order valence-corrected chi connectivity index (χ1v) is 7.89. The van der Waals surface area contributed by atoms with Crippen LogP contribution in [0.3, 0.4) is 0 Å². The first kappa shape index (κ1) is 16.8. The van der Waals surface area contributed by atoms with Crippen LogP contribution < -0.4 is 15.8 Å². The molecule has 1 aromatic rings. The van der Waals surface area contributed by atoms with Gasteiger partial charge in [0.15, 0.2) is 0 Å². The maximum atomic E-state index is 12.5. The number of rotatable bonds is 7. The standard InChI is InChI=1S/C17H26N2O3/c1-12-6-7-15(16(10-12)22-9-8-21-2)19-17(20)14-5-3-4-13(14)11-18/h6-7,10,13-14H,3-5,8-9,11,18H2,1-2H3,(H,19,20)/t13-,14-/m1/s1. The molecule has 5 heteroatoms. The van der Waals surface area contributed by atoms with Crippen molar-refractivity contribution in [3.63, 3.8) is 0 Å². The molecule has 3 N–H and O–H groups in total. The number of nitrogens with two attached hydrogens (primary N) is 1. The van der Waals surface area contributed by atoms with Crippen LogP contribution in [-0.4, -0.2) is 32.8 Å². The Morgan fingerprint density at radius 3 is 2.91 bits per heavy atom. The second-order valence-electron chi connectivity index (χ2n) is 5.86. The number of anilines is 1. The summed E-state index contributed by atoms with van der Waals surface area (Å²) in [5.41, 5.74) is 7.57. The number of carbonyl (C=O) groups excluding carboxylic acids is 1. The second-order valence-corrected chi connectivity index (χ2v) is 5.86. The Bertz CT molecular complexity index is 505. The SMILES string of the molecule is COCCOc1cc(C)ccc1NC(=O)[C@@H]1CCC[C@@H]1CN. The number of aryl methyl sites for hydroxylation is 1. The van der Waals surface area contributed by atoms with Crippen molar-refractivity contribution in [1.29, 1.82) is 0 Å². The Balaban J connectivity index is 2.06. The first-order chi connectivity index (χ1) is 10.7. The number of carbonyl (C=O) groups is 1. The third-order valence-corrected chi connectivity index (χ3v) is 4.24. The molecule has 0 aromatic heterocycles. The number of hydrogen-bond donors (Lipinski definition) is 2. The molecule has 0 saturated heterocycles. The molecule has 0 unspecified atom stereocenters. The van der Waals surface area contributed by atoms with Gasteiger partial charge < -0.3 is 20.5 Å². The molecule has 1 aliphatic carbocycles. The van der Waals surface area contributed by atoms with Gasteiger partial charge in [0, 0.05) is 13.0 Å². The fourth-order valence-corrected chi connectivity index (χ4v) is 2.98. The van der Waals surface area contributed by atoms with E-state index < -0.39 is 0 Å². The molecule has 1 aliphatic rings. The van der Waals surface area contributed by atoms with E-state index in [9.17, 15) is 4.79 Å². The van der Waals surface area contributed by atoms with Crippen LogP contribution in [-0.2, 0) is 9.53 Å². The highest BCUT2D eigenvalue weighted by Crippen LogP contribution is 2.33. The van der Waals surface area contributed by atoms with Crippen LogP contribution in [0, 0.1) is 18.8 Å². The highest BCUT2D eigenvalue weighted by Gasteiger charge is 2.32. The van der Waals surface area contributed by atoms with Crippen molar-refractivity contribution in [2.45, 2.75) is 26.2 Å². The van der Waals surface area contributed by atoms with Crippen LogP contribution in [0.25, 0.3) is 0 Å². The van der Waals surface area contributed by atoms with Crippen LogP contribution in [0.4, 0.5) is 5.69 Å². The summed E-state index contributed by atoms with van der Waals surface area (Å²) in [7, 11) is 1.63. The van der Waals surface area contributed by atoms with Gasteiger partial charge in [0.1, 0.15) is 12.4 Å². The van der Waals surface area contributed by atoms with Crippen molar-refractivity contribution >= 4 is 11.6 Å². The molecule has 0 spiro atoms. The summed E-state index contributed by atoms with van der Waals surface area (Å²) in [4.78, 5) is 12.5. The summed E-state index contributed by atoms with van der Waals surface area (Å²) < 4.78 is 10.7. The Hall–Kier alpha value is -1.59. The zero-order chi connectivity index (χ0) is 15.9. The van der Waals surface area contributed by atoms with E-state index >= 15 is 0 Å². The van der Waals surface area contributed by atoms with E-state index in [1.54, 1.807) is 7.11 Å². The normalized spacial score (nSPS) is 20.9. The quantitative estimate of drug-likeness (QED) is 0.758. The Labute approximate surface area is 132 Å². The lowest BCUT2D eigenvalue weighted by Gasteiger charge is -2.19. The summed E-state index contributed by atoms with van der Waals surface area (Å²) in [5.74, 6) is 1.04. The van der Waals surface area contributed by atoms with Gasteiger partial charge in [0.05, 0.1) is 12.3 Å². The third kappa shape index (κ3) is 4.21. The number of methoxy groups -OCH3 is 1. The molecule has 1 saturated carbocycles. The fourth-order valence-electron chi connectivity index (χ4n) is 2.98. The largest absolute Gasteiger partial charge is 0.489 e. The van der Waals surface area contributed by atoms with Crippen LogP contribution in [0.5, 0.6) is 5.75 Å². The molecule has 0 bridgehead atoms. The van der Waals surface area contributed by atoms with Crippen molar-refractivity contribution in [3.8, 4) is 5.75 Å². The topological polar surface area (TPSA) is 73.6 Å². The lowest BCUT2D eigenvalue weighted by Crippen LogP contribution is -2.29. The van der Waals surface area contributed by atoms with E-state index in [0.29, 0.717) is 31.4 Å². The van der Waals surface area contributed by atoms with E-state index in [1.807, 2.05) is 25.1 Å². The number of ether oxygens (including phenoxy) is 2. The van der Waals surface area contributed by atoms with E-state index in [-0.39, 0.29) is 11.8 Å². The molecule has 5 nitrogen and oxygen atoms in total. The summed E-state index contributed by atoms with van der Waals surface area (Å²) in [5, 5.41) is 3.01. The summed E-state index contributed by atoms with van der Waals surface area (Å²) in [6.07, 6.45) is 3.03. The molecule has 1 fully saturated rings. The average Bonchev–Trinajstić information content (AvgIpc) is 2.98. The highest BCUT2D eigenvalue weighted by atomic mass is 16.5. The third-order valence-electron chi connectivity index (χ3n) is 4.24. The van der Waals surface area contributed by atoms with Crippen molar-refractivity contribution in [1.82, 2.24) is 0 Å². The minimum atomic E-state index is 0.0122. The van der Waals surface area contributed by atoms with Crippen LogP contribution in [0.15, 0.2) is 18.2 Å². The molecular weight excluding hydrogens is 280 g/mol. The first-order valence-electron chi connectivity index (χ1n) is 7.89. The zero-order valence-electron chi connectivity index (χ0n) is 13.4. The molecule has 122 valence electrons. The van der Waals surface area contributed by atoms with Gasteiger partial charge in [-0.2, -0.15) is 0 Å². The minimum Gasteiger partial charge on any atom is -0.489 e. The van der Waals surface area contributed by atoms with Crippen LogP contribution in [0.2, 0.25) is 0 Å². The van der Waals surface area contributed by atoms with Gasteiger partial charge in [0.2, 0.25) is 5.91 Å². The maximum Gasteiger partial charge on any atom is 0.227 e. The van der Waals surface area contributed by atoms with Gasteiger partial charge in [-0.25, -0.2) is 0 Å². The Morgan fingerprint density at radius 1 is 1.36 bits per heavy atom. The van der Waals surface area contributed by atoms with Gasteiger partial charge in [0.25, 0.3) is 0 Å². The van der Waals surface area contributed by atoms with Gasteiger partial charge in [-0.3, -0.25) is 4.79 Å². The highest BCUT2D eigenvalue weighted by molar-refractivity contribution is 5.94. The number of benzene rings is 1. The summed E-state index contributed by atoms with van der Waals surface area (Å²) >= 11 is 0. The smallest absolute Gasteiger partial charge is 0.227 e. The van der Waals surface area contributed by atoms with Gasteiger partial charge in [-0.05, 0) is 49.9 Å². The van der Waals surface area contributed by atoms with Crippen LogP contribution >= 0.6 is 0 Å². The molecule has 1 aromatic carbocycles. The van der Waals surface area contributed by atoms with Gasteiger partial charge in [-0.1, -0.05) is 12.5 Å². The lowest BCUT2D eigenvalue weighted by atomic mass is 9.95. The van der Waals surface area contributed by atoms with E-state index in [4.69, 9.17) is 15.2 Å².